The molecule has 0 unspecified atom stereocenters. The van der Waals surface area contributed by atoms with Gasteiger partial charge in [-0.3, -0.25) is 0 Å². The third-order valence-corrected chi connectivity index (χ3v) is 4.11. The zero-order valence-electron chi connectivity index (χ0n) is 10.8. The zero-order valence-corrected chi connectivity index (χ0v) is 12.4. The average Bonchev–Trinajstić information content (AvgIpc) is 3.10. The molecule has 19 heavy (non-hydrogen) atoms. The van der Waals surface area contributed by atoms with E-state index in [-0.39, 0.29) is 0 Å². The van der Waals surface area contributed by atoms with Crippen molar-refractivity contribution < 1.29 is 4.42 Å². The SMILES string of the molecule is Cc1cc(-c2nnc(CCNC3CC3)o2)ccc1Br. The van der Waals surface area contributed by atoms with Gasteiger partial charge < -0.3 is 9.73 Å². The van der Waals surface area contributed by atoms with E-state index in [2.05, 4.69) is 31.4 Å². The summed E-state index contributed by atoms with van der Waals surface area (Å²) in [7, 11) is 0. The maximum atomic E-state index is 5.69. The van der Waals surface area contributed by atoms with E-state index in [1.165, 1.54) is 12.8 Å². The topological polar surface area (TPSA) is 51.0 Å². The van der Waals surface area contributed by atoms with Gasteiger partial charge in [-0.2, -0.15) is 0 Å². The second-order valence-corrected chi connectivity index (χ2v) is 5.80. The molecule has 1 fully saturated rings. The Kier molecular flexibility index (Phi) is 3.66. The number of hydrogen-bond acceptors (Lipinski definition) is 4. The first-order valence-electron chi connectivity index (χ1n) is 6.54. The van der Waals surface area contributed by atoms with Gasteiger partial charge in [-0.25, -0.2) is 0 Å². The number of aryl methyl sites for hydroxylation is 1. The van der Waals surface area contributed by atoms with Crippen molar-refractivity contribution >= 4 is 15.9 Å². The highest BCUT2D eigenvalue weighted by Gasteiger charge is 2.20. The Morgan fingerprint density at radius 3 is 2.95 bits per heavy atom. The van der Waals surface area contributed by atoms with Gasteiger partial charge in [0.2, 0.25) is 11.8 Å². The van der Waals surface area contributed by atoms with E-state index < -0.39 is 0 Å². The van der Waals surface area contributed by atoms with E-state index in [9.17, 15) is 0 Å². The summed E-state index contributed by atoms with van der Waals surface area (Å²) < 4.78 is 6.78. The summed E-state index contributed by atoms with van der Waals surface area (Å²) in [5.74, 6) is 1.29. The summed E-state index contributed by atoms with van der Waals surface area (Å²) >= 11 is 3.49. The van der Waals surface area contributed by atoms with Crippen LogP contribution < -0.4 is 5.32 Å². The molecular weight excluding hydrogens is 306 g/mol. The van der Waals surface area contributed by atoms with Crippen LogP contribution >= 0.6 is 15.9 Å². The Balaban J connectivity index is 1.67. The normalized spacial score (nSPS) is 14.8. The van der Waals surface area contributed by atoms with Crippen LogP contribution in [0.5, 0.6) is 0 Å². The molecule has 0 aliphatic heterocycles. The summed E-state index contributed by atoms with van der Waals surface area (Å²) in [4.78, 5) is 0. The molecular formula is C14H16BrN3O. The summed E-state index contributed by atoms with van der Waals surface area (Å²) in [5, 5.41) is 11.6. The van der Waals surface area contributed by atoms with E-state index in [4.69, 9.17) is 4.42 Å². The highest BCUT2D eigenvalue weighted by Crippen LogP contribution is 2.24. The van der Waals surface area contributed by atoms with Gasteiger partial charge in [0.25, 0.3) is 0 Å². The van der Waals surface area contributed by atoms with Crippen LogP contribution in [0.3, 0.4) is 0 Å². The third-order valence-electron chi connectivity index (χ3n) is 3.22. The molecule has 1 aliphatic rings. The third kappa shape index (κ3) is 3.22. The van der Waals surface area contributed by atoms with E-state index in [1.54, 1.807) is 0 Å². The molecule has 1 aromatic carbocycles. The molecule has 0 saturated heterocycles. The molecule has 0 amide bonds. The fourth-order valence-electron chi connectivity index (χ4n) is 1.92. The standard InChI is InChI=1S/C14H16BrN3O/c1-9-8-10(2-5-12(9)15)14-18-17-13(19-14)6-7-16-11-3-4-11/h2,5,8,11,16H,3-4,6-7H2,1H3. The first-order chi connectivity index (χ1) is 9.22. The van der Waals surface area contributed by atoms with Crippen molar-refractivity contribution in [3.63, 3.8) is 0 Å². The van der Waals surface area contributed by atoms with Crippen molar-refractivity contribution in [2.75, 3.05) is 6.54 Å². The van der Waals surface area contributed by atoms with E-state index in [0.717, 1.165) is 34.6 Å². The highest BCUT2D eigenvalue weighted by molar-refractivity contribution is 9.10. The lowest BCUT2D eigenvalue weighted by Crippen LogP contribution is -2.19. The summed E-state index contributed by atoms with van der Waals surface area (Å²) in [6.07, 6.45) is 3.39. The molecule has 1 aromatic heterocycles. The fraction of sp³-hybridized carbons (Fsp3) is 0.429. The van der Waals surface area contributed by atoms with E-state index in [0.29, 0.717) is 11.8 Å². The minimum atomic E-state index is 0.594. The number of nitrogens with zero attached hydrogens (tertiary/aromatic N) is 2. The van der Waals surface area contributed by atoms with Gasteiger partial charge in [0, 0.05) is 29.0 Å². The van der Waals surface area contributed by atoms with Gasteiger partial charge in [0.15, 0.2) is 0 Å². The molecule has 1 aliphatic carbocycles. The van der Waals surface area contributed by atoms with Gasteiger partial charge in [-0.05, 0) is 43.5 Å². The number of nitrogens with one attached hydrogen (secondary N) is 1. The van der Waals surface area contributed by atoms with E-state index >= 15 is 0 Å². The molecule has 4 nitrogen and oxygen atoms in total. The molecule has 0 radical (unpaired) electrons. The van der Waals surface area contributed by atoms with Crippen LogP contribution in [0.1, 0.15) is 24.3 Å². The van der Waals surface area contributed by atoms with Crippen molar-refractivity contribution in [2.45, 2.75) is 32.2 Å². The first-order valence-corrected chi connectivity index (χ1v) is 7.34. The molecule has 0 atom stereocenters. The Morgan fingerprint density at radius 1 is 1.37 bits per heavy atom. The number of halogens is 1. The molecule has 5 heteroatoms. The van der Waals surface area contributed by atoms with Crippen molar-refractivity contribution in [3.8, 4) is 11.5 Å². The van der Waals surface area contributed by atoms with Crippen LogP contribution in [-0.2, 0) is 6.42 Å². The maximum absolute atomic E-state index is 5.69. The number of aromatic nitrogens is 2. The Morgan fingerprint density at radius 2 is 2.21 bits per heavy atom. The van der Waals surface area contributed by atoms with Crippen LogP contribution in [0, 0.1) is 6.92 Å². The van der Waals surface area contributed by atoms with Crippen molar-refractivity contribution in [1.29, 1.82) is 0 Å². The predicted octanol–water partition coefficient (Wildman–Crippen LogP) is 3.10. The van der Waals surface area contributed by atoms with E-state index in [1.807, 2.05) is 25.1 Å². The molecule has 0 spiro atoms. The van der Waals surface area contributed by atoms with Crippen LogP contribution in [0.2, 0.25) is 0 Å². The fourth-order valence-corrected chi connectivity index (χ4v) is 2.17. The van der Waals surface area contributed by atoms with Crippen LogP contribution in [0.4, 0.5) is 0 Å². The first kappa shape index (κ1) is 12.8. The number of hydrogen-bond donors (Lipinski definition) is 1. The predicted molar refractivity (Wildman–Crippen MR) is 76.9 cm³/mol. The van der Waals surface area contributed by atoms with Gasteiger partial charge >= 0.3 is 0 Å². The second kappa shape index (κ2) is 5.43. The zero-order chi connectivity index (χ0) is 13.2. The van der Waals surface area contributed by atoms with Crippen molar-refractivity contribution in [3.05, 3.63) is 34.1 Å². The van der Waals surface area contributed by atoms with Crippen LogP contribution in [-0.4, -0.2) is 22.8 Å². The van der Waals surface area contributed by atoms with Crippen molar-refractivity contribution in [1.82, 2.24) is 15.5 Å². The Labute approximate surface area is 120 Å². The summed E-state index contributed by atoms with van der Waals surface area (Å²) in [6.45, 7) is 2.95. The van der Waals surface area contributed by atoms with Gasteiger partial charge in [0.05, 0.1) is 0 Å². The molecule has 1 heterocycles. The summed E-state index contributed by atoms with van der Waals surface area (Å²) in [6, 6.07) is 6.75. The molecule has 3 rings (SSSR count). The molecule has 1 N–H and O–H groups in total. The smallest absolute Gasteiger partial charge is 0.247 e. The largest absolute Gasteiger partial charge is 0.421 e. The number of rotatable bonds is 5. The second-order valence-electron chi connectivity index (χ2n) is 4.94. The molecule has 2 aromatic rings. The lowest BCUT2D eigenvalue weighted by atomic mass is 10.1. The summed E-state index contributed by atoms with van der Waals surface area (Å²) in [5.41, 5.74) is 2.13. The lowest BCUT2D eigenvalue weighted by molar-refractivity contribution is 0.494. The minimum absolute atomic E-state index is 0.594. The van der Waals surface area contributed by atoms with Gasteiger partial charge in [-0.15, -0.1) is 10.2 Å². The van der Waals surface area contributed by atoms with Gasteiger partial charge in [0.1, 0.15) is 0 Å². The molecule has 0 bridgehead atoms. The Bertz CT molecular complexity index is 578. The number of benzene rings is 1. The molecule has 1 saturated carbocycles. The average molecular weight is 322 g/mol. The van der Waals surface area contributed by atoms with Crippen molar-refractivity contribution in [2.24, 2.45) is 0 Å². The minimum Gasteiger partial charge on any atom is -0.421 e. The quantitative estimate of drug-likeness (QED) is 0.919. The Hall–Kier alpha value is -1.20. The van der Waals surface area contributed by atoms with Crippen LogP contribution in [0.25, 0.3) is 11.5 Å². The van der Waals surface area contributed by atoms with Crippen LogP contribution in [0.15, 0.2) is 27.1 Å². The highest BCUT2D eigenvalue weighted by atomic mass is 79.9. The maximum Gasteiger partial charge on any atom is 0.247 e. The molecule has 100 valence electrons. The monoisotopic (exact) mass is 321 g/mol. The van der Waals surface area contributed by atoms with Gasteiger partial charge in [-0.1, -0.05) is 15.9 Å². The lowest BCUT2D eigenvalue weighted by Gasteiger charge is -2.00.